The number of halogens is 3. The average Bonchev–Trinajstić information content (AvgIpc) is 3.63. The second kappa shape index (κ2) is 12.7. The summed E-state index contributed by atoms with van der Waals surface area (Å²) in [6.07, 6.45) is 2.98. The maximum atomic E-state index is 15.7. The molecule has 0 saturated carbocycles. The van der Waals surface area contributed by atoms with E-state index in [4.69, 9.17) is 10.5 Å². The number of aromatic nitrogens is 5. The quantitative estimate of drug-likeness (QED) is 0.153. The van der Waals surface area contributed by atoms with Crippen molar-refractivity contribution in [1.82, 2.24) is 29.8 Å². The van der Waals surface area contributed by atoms with E-state index in [1.54, 1.807) is 19.1 Å². The molecule has 238 valence electrons. The number of carbonyl (C=O) groups is 1. The second-order valence-corrected chi connectivity index (χ2v) is 11.8. The monoisotopic (exact) mass is 655 g/mol. The number of nitrogens with zero attached hydrogens (tertiary/aromatic N) is 5. The number of nitrogens with two attached hydrogens (primary N) is 1. The maximum Gasteiger partial charge on any atom is 0.322 e. The lowest BCUT2D eigenvalue weighted by Gasteiger charge is -2.12. The fourth-order valence-corrected chi connectivity index (χ4v) is 6.69. The van der Waals surface area contributed by atoms with Gasteiger partial charge in [-0.25, -0.2) is 33.1 Å². The molecule has 1 amide bonds. The molecule has 6 rings (SSSR count). The van der Waals surface area contributed by atoms with Crippen LogP contribution in [0.1, 0.15) is 29.1 Å². The second-order valence-electron chi connectivity index (χ2n) is 10.8. The summed E-state index contributed by atoms with van der Waals surface area (Å²) in [5.41, 5.74) is 11.7. The molecule has 47 heavy (non-hydrogen) atoms. The van der Waals surface area contributed by atoms with E-state index in [0.29, 0.717) is 44.7 Å². The standard InChI is InChI=1S/C34H28F3N7O2S/c1-5-26(45)40-14-19-6-8-21(17(2)12-19)29-27(20-7-9-25(23(35)13-20)46-34-39-11-10-18(3)42-34)28-30(47-29)22(15-41-32(28)38)24-16-44(4)33(43-24)31(36)37/h5-13,15-16,31H,1,14H2,2-4H3,(H2,38,41)(H,40,45). The van der Waals surface area contributed by atoms with Gasteiger partial charge in [-0.3, -0.25) is 4.79 Å². The number of hydrogen-bond acceptors (Lipinski definition) is 8. The summed E-state index contributed by atoms with van der Waals surface area (Å²) < 4.78 is 50.6. The van der Waals surface area contributed by atoms with Crippen LogP contribution in [0.25, 0.3) is 42.9 Å². The van der Waals surface area contributed by atoms with Crippen LogP contribution >= 0.6 is 11.3 Å². The summed E-state index contributed by atoms with van der Waals surface area (Å²) in [4.78, 5) is 29.3. The van der Waals surface area contributed by atoms with Crippen LogP contribution in [0, 0.1) is 19.7 Å². The molecule has 13 heteroatoms. The normalized spacial score (nSPS) is 11.3. The zero-order valence-corrected chi connectivity index (χ0v) is 26.3. The number of amides is 1. The number of fused-ring (bicyclic) bond motifs is 1. The molecule has 9 nitrogen and oxygen atoms in total. The third-order valence-electron chi connectivity index (χ3n) is 7.51. The Hall–Kier alpha value is -5.56. The predicted molar refractivity (Wildman–Crippen MR) is 176 cm³/mol. The number of anilines is 1. The van der Waals surface area contributed by atoms with Crippen LogP contribution in [0.2, 0.25) is 0 Å². The first-order valence-corrected chi connectivity index (χ1v) is 15.2. The minimum absolute atomic E-state index is 0.00920. The largest absolute Gasteiger partial charge is 0.421 e. The van der Waals surface area contributed by atoms with E-state index in [9.17, 15) is 13.6 Å². The van der Waals surface area contributed by atoms with Gasteiger partial charge in [-0.05, 0) is 60.4 Å². The molecular weight excluding hydrogens is 627 g/mol. The third kappa shape index (κ3) is 6.17. The smallest absolute Gasteiger partial charge is 0.322 e. The summed E-state index contributed by atoms with van der Waals surface area (Å²) >= 11 is 1.37. The summed E-state index contributed by atoms with van der Waals surface area (Å²) in [6.45, 7) is 7.48. The SMILES string of the molecule is C=CC(=O)NCc1ccc(-c2sc3c(-c4cn(C)c(C(F)F)n4)cnc(N)c3c2-c2ccc(Oc3nccc(C)n3)c(F)c2)c(C)c1. The minimum Gasteiger partial charge on any atom is -0.421 e. The van der Waals surface area contributed by atoms with E-state index in [1.807, 2.05) is 25.1 Å². The lowest BCUT2D eigenvalue weighted by Crippen LogP contribution is -2.19. The zero-order valence-electron chi connectivity index (χ0n) is 25.5. The van der Waals surface area contributed by atoms with Crippen molar-refractivity contribution in [2.24, 2.45) is 7.05 Å². The number of aryl methyl sites for hydroxylation is 3. The molecule has 0 aliphatic carbocycles. The minimum atomic E-state index is -2.77. The average molecular weight is 656 g/mol. The number of pyridine rings is 1. The third-order valence-corrected chi connectivity index (χ3v) is 8.76. The summed E-state index contributed by atoms with van der Waals surface area (Å²) in [5, 5.41) is 3.30. The first-order chi connectivity index (χ1) is 22.5. The van der Waals surface area contributed by atoms with Crippen molar-refractivity contribution >= 4 is 33.1 Å². The number of imidazole rings is 1. The van der Waals surface area contributed by atoms with Crippen LogP contribution in [0.15, 0.2) is 73.7 Å². The molecule has 0 saturated heterocycles. The number of carbonyl (C=O) groups excluding carboxylic acids is 1. The molecule has 0 spiro atoms. The summed E-state index contributed by atoms with van der Waals surface area (Å²) in [5.74, 6) is -1.21. The van der Waals surface area contributed by atoms with E-state index < -0.39 is 12.2 Å². The van der Waals surface area contributed by atoms with Gasteiger partial charge in [0, 0.05) is 59.3 Å². The van der Waals surface area contributed by atoms with Gasteiger partial charge in [-0.2, -0.15) is 0 Å². The van der Waals surface area contributed by atoms with Crippen molar-refractivity contribution in [3.8, 4) is 44.6 Å². The number of hydrogen-bond donors (Lipinski definition) is 2. The lowest BCUT2D eigenvalue weighted by atomic mass is 9.95. The van der Waals surface area contributed by atoms with Gasteiger partial charge in [-0.1, -0.05) is 30.8 Å². The Morgan fingerprint density at radius 2 is 1.94 bits per heavy atom. The van der Waals surface area contributed by atoms with E-state index in [1.165, 1.54) is 59.8 Å². The Bertz CT molecular complexity index is 2180. The number of thiophene rings is 1. The summed E-state index contributed by atoms with van der Waals surface area (Å²) in [7, 11) is 1.50. The van der Waals surface area contributed by atoms with Crippen LogP contribution in [-0.4, -0.2) is 30.4 Å². The van der Waals surface area contributed by atoms with Crippen molar-refractivity contribution in [3.05, 3.63) is 102 Å². The van der Waals surface area contributed by atoms with Crippen LogP contribution in [0.3, 0.4) is 0 Å². The molecular formula is C34H28F3N7O2S. The van der Waals surface area contributed by atoms with E-state index in [2.05, 4.69) is 31.8 Å². The highest BCUT2D eigenvalue weighted by Gasteiger charge is 2.25. The van der Waals surface area contributed by atoms with E-state index in [0.717, 1.165) is 21.6 Å². The molecule has 0 atom stereocenters. The number of ether oxygens (including phenoxy) is 1. The molecule has 4 heterocycles. The fraction of sp³-hybridized carbons (Fsp3) is 0.147. The predicted octanol–water partition coefficient (Wildman–Crippen LogP) is 7.69. The molecule has 6 aromatic rings. The van der Waals surface area contributed by atoms with E-state index >= 15 is 4.39 Å². The van der Waals surface area contributed by atoms with Gasteiger partial charge < -0.3 is 20.4 Å². The molecule has 3 N–H and O–H groups in total. The molecule has 0 bridgehead atoms. The van der Waals surface area contributed by atoms with Crippen LogP contribution in [0.4, 0.5) is 19.0 Å². The van der Waals surface area contributed by atoms with Crippen molar-refractivity contribution in [2.45, 2.75) is 26.8 Å². The number of nitrogens with one attached hydrogen (secondary N) is 1. The maximum absolute atomic E-state index is 15.7. The first-order valence-electron chi connectivity index (χ1n) is 14.3. The van der Waals surface area contributed by atoms with Gasteiger partial charge in [-0.15, -0.1) is 11.3 Å². The van der Waals surface area contributed by atoms with Crippen LogP contribution in [0.5, 0.6) is 11.8 Å². The van der Waals surface area contributed by atoms with Crippen molar-refractivity contribution in [3.63, 3.8) is 0 Å². The molecule has 2 aromatic carbocycles. The lowest BCUT2D eigenvalue weighted by molar-refractivity contribution is -0.116. The Kier molecular flexibility index (Phi) is 8.48. The molecule has 0 aliphatic rings. The van der Waals surface area contributed by atoms with Crippen molar-refractivity contribution in [2.75, 3.05) is 5.73 Å². The number of alkyl halides is 2. The Labute approximate surface area is 271 Å². The van der Waals surface area contributed by atoms with Crippen LogP contribution in [-0.2, 0) is 18.4 Å². The Balaban J connectivity index is 1.54. The summed E-state index contributed by atoms with van der Waals surface area (Å²) in [6, 6.07) is 12.0. The van der Waals surface area contributed by atoms with Gasteiger partial charge in [0.25, 0.3) is 6.43 Å². The van der Waals surface area contributed by atoms with Crippen molar-refractivity contribution < 1.29 is 22.7 Å². The zero-order chi connectivity index (χ0) is 33.4. The molecule has 0 fully saturated rings. The topological polar surface area (TPSA) is 121 Å². The molecule has 0 radical (unpaired) electrons. The van der Waals surface area contributed by atoms with Crippen molar-refractivity contribution in [1.29, 1.82) is 0 Å². The van der Waals surface area contributed by atoms with Crippen LogP contribution < -0.4 is 15.8 Å². The van der Waals surface area contributed by atoms with Gasteiger partial charge in [0.1, 0.15) is 5.82 Å². The first kappa shape index (κ1) is 31.4. The molecule has 0 aliphatic heterocycles. The molecule has 4 aromatic heterocycles. The van der Waals surface area contributed by atoms with E-state index in [-0.39, 0.29) is 29.3 Å². The fourth-order valence-electron chi connectivity index (χ4n) is 5.25. The highest BCUT2D eigenvalue weighted by molar-refractivity contribution is 7.23. The number of benzene rings is 2. The highest BCUT2D eigenvalue weighted by Crippen LogP contribution is 2.50. The highest BCUT2D eigenvalue weighted by atomic mass is 32.1. The molecule has 0 unspecified atom stereocenters. The van der Waals surface area contributed by atoms with Gasteiger partial charge in [0.2, 0.25) is 5.91 Å². The van der Waals surface area contributed by atoms with Gasteiger partial charge >= 0.3 is 6.01 Å². The Morgan fingerprint density at radius 1 is 1.13 bits per heavy atom. The number of rotatable bonds is 9. The van der Waals surface area contributed by atoms with Gasteiger partial charge in [0.05, 0.1) is 10.4 Å². The Morgan fingerprint density at radius 3 is 2.62 bits per heavy atom. The number of nitrogen functional groups attached to an aromatic ring is 1. The van der Waals surface area contributed by atoms with Gasteiger partial charge in [0.15, 0.2) is 17.4 Å².